The minimum Gasteiger partial charge on any atom is -0.371 e. The molecule has 0 saturated carbocycles. The van der Waals surface area contributed by atoms with Crippen LogP contribution in [0.3, 0.4) is 0 Å². The van der Waals surface area contributed by atoms with Gasteiger partial charge in [-0.1, -0.05) is 41.5 Å². The molecule has 0 N–H and O–H groups in total. The van der Waals surface area contributed by atoms with Crippen LogP contribution in [0.5, 0.6) is 0 Å². The van der Waals surface area contributed by atoms with Gasteiger partial charge in [0, 0.05) is 23.9 Å². The lowest BCUT2D eigenvalue weighted by Crippen LogP contribution is -2.57. The monoisotopic (exact) mass is 346 g/mol. The Morgan fingerprint density at radius 2 is 0.913 bits per heavy atom. The molecule has 0 saturated heterocycles. The fraction of sp³-hybridized carbons (Fsp3) is 1.00. The molecule has 23 heavy (non-hydrogen) atoms. The largest absolute Gasteiger partial charge is 0.504 e. The van der Waals surface area contributed by atoms with Crippen molar-refractivity contribution >= 4 is 8.80 Å². The van der Waals surface area contributed by atoms with Gasteiger partial charge in [-0.25, -0.2) is 0 Å². The quantitative estimate of drug-likeness (QED) is 0.486. The summed E-state index contributed by atoms with van der Waals surface area (Å²) in [6.07, 6.45) is 0.276. The Morgan fingerprint density at radius 1 is 0.609 bits per heavy atom. The Bertz CT molecular complexity index is 305. The third kappa shape index (κ3) is 7.25. The highest BCUT2D eigenvalue weighted by atomic mass is 28.4. The van der Waals surface area contributed by atoms with Gasteiger partial charge in [0.1, 0.15) is 0 Å². The third-order valence-corrected chi connectivity index (χ3v) is 7.89. The molecule has 0 heterocycles. The Labute approximate surface area is 146 Å². The van der Waals surface area contributed by atoms with E-state index in [-0.39, 0.29) is 29.3 Å². The second kappa shape index (κ2) is 8.98. The average molecular weight is 347 g/mol. The zero-order chi connectivity index (χ0) is 18.6. The lowest BCUT2D eigenvalue weighted by atomic mass is 9.72. The van der Waals surface area contributed by atoms with E-state index >= 15 is 0 Å². The van der Waals surface area contributed by atoms with Crippen molar-refractivity contribution in [1.29, 1.82) is 0 Å². The van der Waals surface area contributed by atoms with Gasteiger partial charge >= 0.3 is 8.80 Å². The van der Waals surface area contributed by atoms with Crippen LogP contribution in [0.15, 0.2) is 0 Å². The van der Waals surface area contributed by atoms with Crippen molar-refractivity contribution in [2.75, 3.05) is 0 Å². The Balaban J connectivity index is 5.93. The van der Waals surface area contributed by atoms with Gasteiger partial charge in [0.05, 0.1) is 0 Å². The van der Waals surface area contributed by atoms with Crippen LogP contribution in [0.4, 0.5) is 0 Å². The SMILES string of the molecule is CC(C)O[Si](OC(C)C)(OC(C)C)C(C)C(C(C)C)C(C)(C)C. The van der Waals surface area contributed by atoms with Crippen LogP contribution in [0.2, 0.25) is 5.54 Å². The molecule has 0 aliphatic heterocycles. The van der Waals surface area contributed by atoms with Crippen LogP contribution < -0.4 is 0 Å². The van der Waals surface area contributed by atoms with Crippen molar-refractivity contribution in [3.8, 4) is 0 Å². The van der Waals surface area contributed by atoms with Gasteiger partial charge < -0.3 is 13.3 Å². The van der Waals surface area contributed by atoms with Crippen molar-refractivity contribution in [2.24, 2.45) is 17.3 Å². The Kier molecular flexibility index (Phi) is 9.02. The first-order chi connectivity index (χ1) is 10.2. The molecular formula is C19H42O3Si. The number of rotatable bonds is 9. The summed E-state index contributed by atoms with van der Waals surface area (Å²) >= 11 is 0. The lowest BCUT2D eigenvalue weighted by molar-refractivity contribution is -0.0185. The summed E-state index contributed by atoms with van der Waals surface area (Å²) < 4.78 is 19.3. The van der Waals surface area contributed by atoms with E-state index in [0.29, 0.717) is 11.8 Å². The fourth-order valence-electron chi connectivity index (χ4n) is 3.94. The predicted octanol–water partition coefficient (Wildman–Crippen LogP) is 5.91. The van der Waals surface area contributed by atoms with Crippen LogP contribution in [0.1, 0.15) is 83.1 Å². The molecule has 0 radical (unpaired) electrons. The molecule has 2 unspecified atom stereocenters. The van der Waals surface area contributed by atoms with Gasteiger partial charge in [-0.05, 0) is 58.8 Å². The molecule has 0 aromatic carbocycles. The predicted molar refractivity (Wildman–Crippen MR) is 102 cm³/mol. The van der Waals surface area contributed by atoms with E-state index in [4.69, 9.17) is 13.3 Å². The molecule has 0 rings (SSSR count). The number of hydrogen-bond donors (Lipinski definition) is 0. The van der Waals surface area contributed by atoms with Crippen LogP contribution in [0, 0.1) is 17.3 Å². The van der Waals surface area contributed by atoms with Crippen LogP contribution >= 0.6 is 0 Å². The van der Waals surface area contributed by atoms with Gasteiger partial charge in [0.15, 0.2) is 0 Å². The molecule has 2 atom stereocenters. The fourth-order valence-corrected chi connectivity index (χ4v) is 8.04. The molecule has 0 fully saturated rings. The van der Waals surface area contributed by atoms with E-state index in [9.17, 15) is 0 Å². The normalized spacial score (nSPS) is 16.7. The second-order valence-corrected chi connectivity index (χ2v) is 11.9. The number of hydrogen-bond acceptors (Lipinski definition) is 3. The van der Waals surface area contributed by atoms with Crippen molar-refractivity contribution in [3.63, 3.8) is 0 Å². The molecule has 4 heteroatoms. The highest BCUT2D eigenvalue weighted by Gasteiger charge is 2.55. The lowest BCUT2D eigenvalue weighted by Gasteiger charge is -2.46. The first-order valence-electron chi connectivity index (χ1n) is 9.26. The minimum absolute atomic E-state index is 0.0920. The van der Waals surface area contributed by atoms with Gasteiger partial charge in [0.25, 0.3) is 0 Å². The molecule has 0 aliphatic carbocycles. The third-order valence-electron chi connectivity index (χ3n) is 4.01. The van der Waals surface area contributed by atoms with Gasteiger partial charge in [-0.3, -0.25) is 0 Å². The van der Waals surface area contributed by atoms with Crippen LogP contribution in [-0.2, 0) is 13.3 Å². The van der Waals surface area contributed by atoms with Crippen molar-refractivity contribution in [2.45, 2.75) is 107 Å². The minimum atomic E-state index is -2.82. The molecule has 0 aliphatic rings. The molecule has 140 valence electrons. The maximum Gasteiger partial charge on any atom is 0.504 e. The maximum absolute atomic E-state index is 6.44. The summed E-state index contributed by atoms with van der Waals surface area (Å²) in [5.41, 5.74) is 0.419. The molecule has 3 nitrogen and oxygen atoms in total. The molecule has 0 amide bonds. The first-order valence-corrected chi connectivity index (χ1v) is 11.1. The van der Waals surface area contributed by atoms with E-state index in [1.54, 1.807) is 0 Å². The summed E-state index contributed by atoms with van der Waals surface area (Å²) in [5, 5.41) is 0. The molecular weight excluding hydrogens is 304 g/mol. The summed E-state index contributed by atoms with van der Waals surface area (Å²) in [5.74, 6) is 1.00. The maximum atomic E-state index is 6.44. The first kappa shape index (κ1) is 23.1. The van der Waals surface area contributed by atoms with Crippen molar-refractivity contribution in [1.82, 2.24) is 0 Å². The second-order valence-electron chi connectivity index (χ2n) is 9.03. The summed E-state index contributed by atoms with van der Waals surface area (Å²) in [7, 11) is -2.82. The van der Waals surface area contributed by atoms with E-state index in [1.165, 1.54) is 0 Å². The Hall–Kier alpha value is 0.0969. The molecule has 0 bridgehead atoms. The average Bonchev–Trinajstić information content (AvgIpc) is 2.22. The van der Waals surface area contributed by atoms with Crippen LogP contribution in [-0.4, -0.2) is 27.1 Å². The summed E-state index contributed by atoms with van der Waals surface area (Å²) in [4.78, 5) is 0. The van der Waals surface area contributed by atoms with E-state index in [0.717, 1.165) is 0 Å². The zero-order valence-corrected chi connectivity index (χ0v) is 18.7. The van der Waals surface area contributed by atoms with Gasteiger partial charge in [0.2, 0.25) is 0 Å². The Morgan fingerprint density at radius 3 is 1.09 bits per heavy atom. The zero-order valence-electron chi connectivity index (χ0n) is 17.7. The van der Waals surface area contributed by atoms with Crippen molar-refractivity contribution in [3.05, 3.63) is 0 Å². The topological polar surface area (TPSA) is 27.7 Å². The highest BCUT2D eigenvalue weighted by molar-refractivity contribution is 6.62. The summed E-state index contributed by atoms with van der Waals surface area (Å²) in [6, 6.07) is 0. The standard InChI is InChI=1S/C19H42O3Si/c1-13(2)18(19(10,11)12)17(9)23(20-14(3)4,21-15(5)6)22-16(7)8/h13-18H,1-12H3. The van der Waals surface area contributed by atoms with Crippen molar-refractivity contribution < 1.29 is 13.3 Å². The van der Waals surface area contributed by atoms with E-state index in [2.05, 4.69) is 83.1 Å². The molecule has 0 aromatic heterocycles. The molecule has 0 aromatic rings. The van der Waals surface area contributed by atoms with E-state index in [1.807, 2.05) is 0 Å². The smallest absolute Gasteiger partial charge is 0.371 e. The van der Waals surface area contributed by atoms with Crippen LogP contribution in [0.25, 0.3) is 0 Å². The van der Waals surface area contributed by atoms with E-state index < -0.39 is 8.80 Å². The molecule has 0 spiro atoms. The van der Waals surface area contributed by atoms with Gasteiger partial charge in [-0.2, -0.15) is 0 Å². The van der Waals surface area contributed by atoms with Gasteiger partial charge in [-0.15, -0.1) is 0 Å². The highest BCUT2D eigenvalue weighted by Crippen LogP contribution is 2.47. The summed E-state index contributed by atoms with van der Waals surface area (Å²) in [6.45, 7) is 26.2.